The third-order valence-electron chi connectivity index (χ3n) is 2.05. The lowest BCUT2D eigenvalue weighted by atomic mass is 10.3. The number of nitrogens with two attached hydrogens (primary N) is 1. The van der Waals surface area contributed by atoms with E-state index in [1.807, 2.05) is 12.1 Å². The highest BCUT2D eigenvalue weighted by atomic mass is 16.1. The molecule has 15 heavy (non-hydrogen) atoms. The second-order valence-corrected chi connectivity index (χ2v) is 3.02. The monoisotopic (exact) mass is 202 g/mol. The van der Waals surface area contributed by atoms with Gasteiger partial charge in [-0.1, -0.05) is 0 Å². The van der Waals surface area contributed by atoms with E-state index in [4.69, 9.17) is 5.73 Å². The van der Waals surface area contributed by atoms with Crippen LogP contribution >= 0.6 is 0 Å². The first kappa shape index (κ1) is 9.54. The number of nitrogens with zero attached hydrogens (tertiary/aromatic N) is 3. The summed E-state index contributed by atoms with van der Waals surface area (Å²) >= 11 is 0. The van der Waals surface area contributed by atoms with Gasteiger partial charge in [-0.05, 0) is 12.1 Å². The van der Waals surface area contributed by atoms with Crippen LogP contribution in [0.2, 0.25) is 0 Å². The van der Waals surface area contributed by atoms with Gasteiger partial charge in [0.05, 0.1) is 0 Å². The Morgan fingerprint density at radius 3 is 2.73 bits per heavy atom. The average molecular weight is 202 g/mol. The summed E-state index contributed by atoms with van der Waals surface area (Å²) in [5, 5.41) is 0. The van der Waals surface area contributed by atoms with E-state index in [0.717, 1.165) is 5.69 Å². The van der Waals surface area contributed by atoms with E-state index in [1.165, 1.54) is 6.33 Å². The minimum Gasteiger partial charge on any atom is -0.326 e. The summed E-state index contributed by atoms with van der Waals surface area (Å²) in [4.78, 5) is 18.9. The average Bonchev–Trinajstić information content (AvgIpc) is 2.31. The molecule has 5 nitrogen and oxygen atoms in total. The Bertz CT molecular complexity index is 506. The van der Waals surface area contributed by atoms with Crippen LogP contribution in [0.4, 0.5) is 0 Å². The Morgan fingerprint density at radius 2 is 2.07 bits per heavy atom. The molecule has 0 amide bonds. The van der Waals surface area contributed by atoms with E-state index in [9.17, 15) is 4.79 Å². The van der Waals surface area contributed by atoms with Gasteiger partial charge >= 0.3 is 0 Å². The molecule has 76 valence electrons. The van der Waals surface area contributed by atoms with E-state index < -0.39 is 0 Å². The molecule has 2 aromatic rings. The summed E-state index contributed by atoms with van der Waals surface area (Å²) < 4.78 is 1.74. The first-order chi connectivity index (χ1) is 7.31. The van der Waals surface area contributed by atoms with Crippen LogP contribution < -0.4 is 11.3 Å². The van der Waals surface area contributed by atoms with E-state index in [2.05, 4.69) is 9.97 Å². The Balaban J connectivity index is 2.51. The highest BCUT2D eigenvalue weighted by Gasteiger charge is 2.00. The Hall–Kier alpha value is -2.01. The maximum atomic E-state index is 11.2. The summed E-state index contributed by atoms with van der Waals surface area (Å²) in [6, 6.07) is 3.65. The van der Waals surface area contributed by atoms with Gasteiger partial charge in [0.25, 0.3) is 5.56 Å². The SMILES string of the molecule is NCc1cn(-c2ccncc2)cnc1=O. The van der Waals surface area contributed by atoms with Crippen molar-refractivity contribution in [3.8, 4) is 5.69 Å². The van der Waals surface area contributed by atoms with Crippen molar-refractivity contribution in [3.63, 3.8) is 0 Å². The lowest BCUT2D eigenvalue weighted by Crippen LogP contribution is -2.18. The fourth-order valence-corrected chi connectivity index (χ4v) is 1.25. The van der Waals surface area contributed by atoms with Crippen molar-refractivity contribution in [1.82, 2.24) is 14.5 Å². The molecule has 0 fully saturated rings. The zero-order valence-electron chi connectivity index (χ0n) is 8.00. The topological polar surface area (TPSA) is 73.8 Å². The smallest absolute Gasteiger partial charge is 0.277 e. The molecule has 0 aromatic carbocycles. The second kappa shape index (κ2) is 4.02. The van der Waals surface area contributed by atoms with E-state index in [-0.39, 0.29) is 12.1 Å². The maximum absolute atomic E-state index is 11.2. The number of pyridine rings is 1. The van der Waals surface area contributed by atoms with Crippen LogP contribution in [0.25, 0.3) is 5.69 Å². The van der Waals surface area contributed by atoms with Gasteiger partial charge in [-0.2, -0.15) is 4.98 Å². The van der Waals surface area contributed by atoms with Crippen molar-refractivity contribution in [1.29, 1.82) is 0 Å². The molecule has 0 atom stereocenters. The van der Waals surface area contributed by atoms with Gasteiger partial charge in [0.1, 0.15) is 6.33 Å². The highest BCUT2D eigenvalue weighted by molar-refractivity contribution is 5.29. The molecular formula is C10H10N4O. The van der Waals surface area contributed by atoms with Gasteiger partial charge in [0, 0.05) is 36.4 Å². The molecular weight excluding hydrogens is 192 g/mol. The summed E-state index contributed by atoms with van der Waals surface area (Å²) in [6.45, 7) is 0.192. The normalized spacial score (nSPS) is 10.2. The zero-order chi connectivity index (χ0) is 10.7. The van der Waals surface area contributed by atoms with Crippen molar-refractivity contribution >= 4 is 0 Å². The fourth-order valence-electron chi connectivity index (χ4n) is 1.25. The first-order valence-corrected chi connectivity index (χ1v) is 4.49. The van der Waals surface area contributed by atoms with Gasteiger partial charge in [-0.25, -0.2) is 0 Å². The van der Waals surface area contributed by atoms with Gasteiger partial charge in [-0.15, -0.1) is 0 Å². The maximum Gasteiger partial charge on any atom is 0.277 e. The largest absolute Gasteiger partial charge is 0.326 e. The van der Waals surface area contributed by atoms with Crippen LogP contribution in [0.5, 0.6) is 0 Å². The summed E-state index contributed by atoms with van der Waals surface area (Å²) in [6.07, 6.45) is 6.51. The Labute approximate surface area is 86.2 Å². The zero-order valence-corrected chi connectivity index (χ0v) is 8.00. The quantitative estimate of drug-likeness (QED) is 0.748. The summed E-state index contributed by atoms with van der Waals surface area (Å²) in [7, 11) is 0. The van der Waals surface area contributed by atoms with E-state index >= 15 is 0 Å². The molecule has 2 heterocycles. The standard InChI is InChI=1S/C10H10N4O/c11-5-8-6-14(7-13-10(8)15)9-1-3-12-4-2-9/h1-4,6-7H,5,11H2. The van der Waals surface area contributed by atoms with Gasteiger partial charge < -0.3 is 10.3 Å². The Morgan fingerprint density at radius 1 is 1.33 bits per heavy atom. The van der Waals surface area contributed by atoms with E-state index in [0.29, 0.717) is 5.56 Å². The molecule has 0 aliphatic heterocycles. The third-order valence-corrected chi connectivity index (χ3v) is 2.05. The van der Waals surface area contributed by atoms with Crippen LogP contribution in [0.15, 0.2) is 41.8 Å². The number of hydrogen-bond donors (Lipinski definition) is 1. The number of rotatable bonds is 2. The molecule has 0 aliphatic carbocycles. The fraction of sp³-hybridized carbons (Fsp3) is 0.100. The van der Waals surface area contributed by atoms with Crippen LogP contribution in [-0.4, -0.2) is 14.5 Å². The lowest BCUT2D eigenvalue weighted by molar-refractivity contribution is 0.897. The van der Waals surface area contributed by atoms with Crippen LogP contribution in [0.1, 0.15) is 5.56 Å². The predicted molar refractivity (Wildman–Crippen MR) is 55.5 cm³/mol. The van der Waals surface area contributed by atoms with Crippen molar-refractivity contribution in [3.05, 3.63) is 53.0 Å². The third kappa shape index (κ3) is 1.92. The molecule has 2 N–H and O–H groups in total. The van der Waals surface area contributed by atoms with Gasteiger partial charge in [-0.3, -0.25) is 9.78 Å². The molecule has 0 saturated heterocycles. The van der Waals surface area contributed by atoms with Crippen LogP contribution in [0.3, 0.4) is 0 Å². The molecule has 0 saturated carbocycles. The molecule has 0 aliphatic rings. The van der Waals surface area contributed by atoms with Crippen LogP contribution in [0, 0.1) is 0 Å². The van der Waals surface area contributed by atoms with Gasteiger partial charge in [0.15, 0.2) is 0 Å². The number of hydrogen-bond acceptors (Lipinski definition) is 4. The molecule has 2 rings (SSSR count). The molecule has 0 spiro atoms. The van der Waals surface area contributed by atoms with Crippen molar-refractivity contribution in [2.24, 2.45) is 5.73 Å². The minimum absolute atomic E-state index is 0.192. The van der Waals surface area contributed by atoms with Crippen LogP contribution in [-0.2, 0) is 6.54 Å². The molecule has 0 bridgehead atoms. The Kier molecular flexibility index (Phi) is 2.55. The minimum atomic E-state index is -0.275. The predicted octanol–water partition coefficient (Wildman–Crippen LogP) is 0.0862. The number of aromatic nitrogens is 3. The molecule has 2 aromatic heterocycles. The summed E-state index contributed by atoms with van der Waals surface area (Å²) in [5.41, 5.74) is 6.55. The molecule has 5 heteroatoms. The summed E-state index contributed by atoms with van der Waals surface area (Å²) in [5.74, 6) is 0. The van der Waals surface area contributed by atoms with Crippen molar-refractivity contribution < 1.29 is 0 Å². The van der Waals surface area contributed by atoms with Gasteiger partial charge in [0.2, 0.25) is 0 Å². The van der Waals surface area contributed by atoms with Crippen molar-refractivity contribution in [2.75, 3.05) is 0 Å². The first-order valence-electron chi connectivity index (χ1n) is 4.49. The lowest BCUT2D eigenvalue weighted by Gasteiger charge is -2.05. The second-order valence-electron chi connectivity index (χ2n) is 3.02. The highest BCUT2D eigenvalue weighted by Crippen LogP contribution is 2.03. The molecule has 0 unspecified atom stereocenters. The van der Waals surface area contributed by atoms with Crippen molar-refractivity contribution in [2.45, 2.75) is 6.54 Å². The molecule has 0 radical (unpaired) electrons. The van der Waals surface area contributed by atoms with E-state index in [1.54, 1.807) is 23.2 Å².